The van der Waals surface area contributed by atoms with Crippen LogP contribution in [0.3, 0.4) is 0 Å². The molecule has 0 unspecified atom stereocenters. The Kier molecular flexibility index (Phi) is 8.43. The molecule has 3 rings (SSSR count). The van der Waals surface area contributed by atoms with Crippen LogP contribution in [0.1, 0.15) is 50.3 Å². The second-order valence-corrected chi connectivity index (χ2v) is 6.54. The Morgan fingerprint density at radius 1 is 1.00 bits per heavy atom. The fourth-order valence-electron chi connectivity index (χ4n) is 3.39. The van der Waals surface area contributed by atoms with E-state index in [9.17, 15) is 9.59 Å². The summed E-state index contributed by atoms with van der Waals surface area (Å²) >= 11 is 0. The zero-order valence-corrected chi connectivity index (χ0v) is 17.9. The second-order valence-electron chi connectivity index (χ2n) is 6.54. The van der Waals surface area contributed by atoms with Crippen molar-refractivity contribution in [2.45, 2.75) is 40.2 Å². The first-order chi connectivity index (χ1) is 14.6. The number of hydrogen-bond acceptors (Lipinski definition) is 5. The SMILES string of the molecule is CC.CCNC(=O)CCC(=O)N1Cc2ccccc2/C(NN)=C(/N)c2ccccc21. The van der Waals surface area contributed by atoms with Crippen LogP contribution in [-0.4, -0.2) is 18.4 Å². The largest absolute Gasteiger partial charge is 0.396 e. The molecule has 7 nitrogen and oxygen atoms in total. The van der Waals surface area contributed by atoms with Crippen molar-refractivity contribution < 1.29 is 9.59 Å². The topological polar surface area (TPSA) is 113 Å². The van der Waals surface area contributed by atoms with Gasteiger partial charge in [0.25, 0.3) is 0 Å². The third-order valence-electron chi connectivity index (χ3n) is 4.75. The van der Waals surface area contributed by atoms with Crippen LogP contribution < -0.4 is 27.2 Å². The molecule has 2 aromatic rings. The van der Waals surface area contributed by atoms with Gasteiger partial charge in [0, 0.05) is 30.5 Å². The van der Waals surface area contributed by atoms with E-state index in [1.165, 1.54) is 0 Å². The maximum Gasteiger partial charge on any atom is 0.227 e. The Balaban J connectivity index is 0.00000155. The Bertz CT molecular complexity index is 923. The molecule has 6 N–H and O–H groups in total. The maximum atomic E-state index is 13.1. The van der Waals surface area contributed by atoms with E-state index in [2.05, 4.69) is 10.7 Å². The van der Waals surface area contributed by atoms with Gasteiger partial charge in [0.15, 0.2) is 0 Å². The molecule has 1 heterocycles. The summed E-state index contributed by atoms with van der Waals surface area (Å²) in [7, 11) is 0. The Morgan fingerprint density at radius 2 is 1.63 bits per heavy atom. The fraction of sp³-hybridized carbons (Fsp3) is 0.304. The van der Waals surface area contributed by atoms with E-state index >= 15 is 0 Å². The molecule has 0 spiro atoms. The summed E-state index contributed by atoms with van der Waals surface area (Å²) in [5.74, 6) is 5.51. The molecule has 2 aromatic carbocycles. The molecule has 1 aliphatic rings. The van der Waals surface area contributed by atoms with Gasteiger partial charge < -0.3 is 21.4 Å². The minimum Gasteiger partial charge on any atom is -0.396 e. The van der Waals surface area contributed by atoms with Crippen LogP contribution in [0.4, 0.5) is 5.69 Å². The van der Waals surface area contributed by atoms with E-state index in [1.807, 2.05) is 69.3 Å². The fourth-order valence-corrected chi connectivity index (χ4v) is 3.39. The van der Waals surface area contributed by atoms with Gasteiger partial charge in [-0.25, -0.2) is 0 Å². The summed E-state index contributed by atoms with van der Waals surface area (Å²) in [5.41, 5.74) is 13.4. The van der Waals surface area contributed by atoms with E-state index < -0.39 is 0 Å². The lowest BCUT2D eigenvalue weighted by Crippen LogP contribution is -2.35. The number of nitrogens with one attached hydrogen (secondary N) is 2. The number of rotatable bonds is 5. The predicted octanol–water partition coefficient (Wildman–Crippen LogP) is 2.72. The van der Waals surface area contributed by atoms with Gasteiger partial charge in [0.1, 0.15) is 0 Å². The first-order valence-corrected chi connectivity index (χ1v) is 10.3. The number of carbonyl (C=O) groups excluding carboxylic acids is 2. The van der Waals surface area contributed by atoms with Gasteiger partial charge in [-0.05, 0) is 18.6 Å². The van der Waals surface area contributed by atoms with Crippen LogP contribution in [0.15, 0.2) is 48.5 Å². The van der Waals surface area contributed by atoms with Crippen LogP contribution in [-0.2, 0) is 16.1 Å². The molecule has 160 valence electrons. The van der Waals surface area contributed by atoms with E-state index in [0.717, 1.165) is 16.7 Å². The molecule has 2 amide bonds. The highest BCUT2D eigenvalue weighted by Crippen LogP contribution is 2.34. The summed E-state index contributed by atoms with van der Waals surface area (Å²) in [4.78, 5) is 26.5. The highest BCUT2D eigenvalue weighted by molar-refractivity contribution is 6.01. The van der Waals surface area contributed by atoms with Crippen molar-refractivity contribution in [1.29, 1.82) is 0 Å². The number of nitrogens with zero attached hydrogens (tertiary/aromatic N) is 1. The van der Waals surface area contributed by atoms with Gasteiger partial charge in [0.05, 0.1) is 23.6 Å². The number of hydrazine groups is 1. The molecule has 0 aliphatic carbocycles. The molecule has 7 heteroatoms. The number of fused-ring (bicyclic) bond motifs is 2. The lowest BCUT2D eigenvalue weighted by Gasteiger charge is -2.30. The average Bonchev–Trinajstić information content (AvgIpc) is 2.78. The monoisotopic (exact) mass is 409 g/mol. The van der Waals surface area contributed by atoms with Gasteiger partial charge in [-0.1, -0.05) is 56.3 Å². The normalized spacial score (nSPS) is 14.9. The quantitative estimate of drug-likeness (QED) is 0.448. The van der Waals surface area contributed by atoms with Crippen molar-refractivity contribution in [2.24, 2.45) is 11.6 Å². The molecule has 0 radical (unpaired) electrons. The lowest BCUT2D eigenvalue weighted by molar-refractivity contribution is -0.125. The molecule has 0 atom stereocenters. The molecular weight excluding hydrogens is 378 g/mol. The standard InChI is InChI=1S/C21H25N5O2.C2H6/c1-2-24-18(27)11-12-19(28)26-13-14-7-3-4-8-15(14)21(25-23)20(22)16-9-5-6-10-17(16)26;1-2/h3-10,25H,2,11-13,22-23H2,1H3,(H,24,27);1-2H3/b21-20-;. The molecule has 30 heavy (non-hydrogen) atoms. The van der Waals surface area contributed by atoms with E-state index in [1.54, 1.807) is 4.90 Å². The first kappa shape index (κ1) is 23.0. The lowest BCUT2D eigenvalue weighted by atomic mass is 9.96. The molecule has 0 bridgehead atoms. The van der Waals surface area contributed by atoms with Crippen molar-refractivity contribution in [2.75, 3.05) is 11.4 Å². The average molecular weight is 410 g/mol. The van der Waals surface area contributed by atoms with Gasteiger partial charge in [-0.2, -0.15) is 0 Å². The molecule has 0 saturated carbocycles. The minimum absolute atomic E-state index is 0.119. The van der Waals surface area contributed by atoms with Crippen molar-refractivity contribution in [1.82, 2.24) is 10.7 Å². The Labute approximate surface area is 178 Å². The zero-order valence-electron chi connectivity index (χ0n) is 17.9. The third-order valence-corrected chi connectivity index (χ3v) is 4.75. The van der Waals surface area contributed by atoms with Gasteiger partial charge in [0.2, 0.25) is 11.8 Å². The number of amides is 2. The van der Waals surface area contributed by atoms with Crippen LogP contribution in [0.2, 0.25) is 0 Å². The van der Waals surface area contributed by atoms with Crippen molar-refractivity contribution in [3.05, 3.63) is 65.2 Å². The van der Waals surface area contributed by atoms with Crippen molar-refractivity contribution in [3.8, 4) is 0 Å². The smallest absolute Gasteiger partial charge is 0.227 e. The van der Waals surface area contributed by atoms with Gasteiger partial charge in [-0.15, -0.1) is 0 Å². The maximum absolute atomic E-state index is 13.1. The van der Waals surface area contributed by atoms with Gasteiger partial charge in [-0.3, -0.25) is 15.4 Å². The summed E-state index contributed by atoms with van der Waals surface area (Å²) in [5, 5.41) is 2.72. The number of benzene rings is 2. The zero-order chi connectivity index (χ0) is 22.1. The number of hydrogen-bond donors (Lipinski definition) is 4. The minimum atomic E-state index is -0.134. The third kappa shape index (κ3) is 4.99. The summed E-state index contributed by atoms with van der Waals surface area (Å²) in [6, 6.07) is 15.1. The van der Waals surface area contributed by atoms with E-state index in [-0.39, 0.29) is 24.7 Å². The van der Waals surface area contributed by atoms with Crippen LogP contribution in [0.5, 0.6) is 0 Å². The van der Waals surface area contributed by atoms with E-state index in [0.29, 0.717) is 30.2 Å². The first-order valence-electron chi connectivity index (χ1n) is 10.3. The highest BCUT2D eigenvalue weighted by Gasteiger charge is 2.25. The molecule has 0 aromatic heterocycles. The van der Waals surface area contributed by atoms with Gasteiger partial charge >= 0.3 is 0 Å². The van der Waals surface area contributed by atoms with Crippen LogP contribution in [0.25, 0.3) is 11.4 Å². The number of carbonyl (C=O) groups is 2. The van der Waals surface area contributed by atoms with E-state index in [4.69, 9.17) is 11.6 Å². The number of para-hydroxylation sites is 1. The molecular formula is C23H31N5O2. The van der Waals surface area contributed by atoms with Crippen LogP contribution >= 0.6 is 0 Å². The van der Waals surface area contributed by atoms with Crippen LogP contribution in [0, 0.1) is 0 Å². The summed E-state index contributed by atoms with van der Waals surface area (Å²) < 4.78 is 0. The van der Waals surface area contributed by atoms with Crippen molar-refractivity contribution >= 4 is 28.9 Å². The summed E-state index contributed by atoms with van der Waals surface area (Å²) in [6.45, 7) is 6.76. The number of anilines is 1. The Hall–Kier alpha value is -3.32. The second kappa shape index (κ2) is 11.0. The number of nitrogens with two attached hydrogens (primary N) is 2. The van der Waals surface area contributed by atoms with Crippen molar-refractivity contribution in [3.63, 3.8) is 0 Å². The highest BCUT2D eigenvalue weighted by atomic mass is 16.2. The predicted molar refractivity (Wildman–Crippen MR) is 122 cm³/mol. The molecule has 0 saturated heterocycles. The summed E-state index contributed by atoms with van der Waals surface area (Å²) in [6.07, 6.45) is 0.266. The molecule has 1 aliphatic heterocycles. The molecule has 0 fully saturated rings. The Morgan fingerprint density at radius 3 is 2.30 bits per heavy atom.